The van der Waals surface area contributed by atoms with Crippen LogP contribution in [0, 0.1) is 6.57 Å². The summed E-state index contributed by atoms with van der Waals surface area (Å²) < 4.78 is 22.1. The molecule has 0 saturated heterocycles. The number of carbonyl (C=O) groups is 3. The maximum atomic E-state index is 11.6. The normalized spacial score (nSPS) is 9.67. The van der Waals surface area contributed by atoms with Crippen LogP contribution in [-0.2, 0) is 30.3 Å². The number of carboxylic acid groups (broad SMARTS) is 1. The number of rotatable bonds is 12. The van der Waals surface area contributed by atoms with Gasteiger partial charge in [0.15, 0.2) is 28.8 Å². The van der Waals surface area contributed by atoms with Gasteiger partial charge in [0, 0.05) is 38.8 Å². The van der Waals surface area contributed by atoms with Crippen LogP contribution >= 0.6 is 0 Å². The number of aromatic carboxylic acids is 1. The van der Waals surface area contributed by atoms with Gasteiger partial charge in [0.1, 0.15) is 24.5 Å². The van der Waals surface area contributed by atoms with E-state index in [0.717, 1.165) is 7.11 Å². The predicted molar refractivity (Wildman–Crippen MR) is 181 cm³/mol. The van der Waals surface area contributed by atoms with E-state index < -0.39 is 11.9 Å². The molecule has 0 aromatic carbocycles. The van der Waals surface area contributed by atoms with E-state index in [1.165, 1.54) is 23.9 Å². The van der Waals surface area contributed by atoms with Crippen molar-refractivity contribution < 1.29 is 78.2 Å². The van der Waals surface area contributed by atoms with Gasteiger partial charge in [-0.3, -0.25) is 14.3 Å². The molecule has 0 amide bonds. The molecule has 5 rings (SSSR count). The third kappa shape index (κ3) is 15.3. The zero-order valence-electron chi connectivity index (χ0n) is 29.9. The minimum atomic E-state index is -1.04. The van der Waals surface area contributed by atoms with Crippen molar-refractivity contribution in [1.29, 1.82) is 0 Å². The molecule has 0 atom stereocenters. The van der Waals surface area contributed by atoms with Crippen LogP contribution in [0.3, 0.4) is 0 Å². The van der Waals surface area contributed by atoms with Crippen LogP contribution in [0.1, 0.15) is 40.6 Å². The zero-order chi connectivity index (χ0) is 38.2. The number of ketones is 1. The van der Waals surface area contributed by atoms with Crippen molar-refractivity contribution in [2.75, 3.05) is 60.9 Å². The molecular formula is C32H42N9NaO10. The Labute approximate surface area is 321 Å². The maximum absolute atomic E-state index is 11.6. The molecule has 5 aromatic heterocycles. The summed E-state index contributed by atoms with van der Waals surface area (Å²) >= 11 is 0. The third-order valence-electron chi connectivity index (χ3n) is 5.87. The molecule has 0 radical (unpaired) electrons. The van der Waals surface area contributed by atoms with E-state index in [9.17, 15) is 14.4 Å². The van der Waals surface area contributed by atoms with Crippen LogP contribution < -0.4 is 40.4 Å². The number of H-pyrrole nitrogens is 1. The average Bonchev–Trinajstić information content (AvgIpc) is 3.91. The number of nitrogens with two attached hydrogens (primary N) is 1. The Bertz CT molecular complexity index is 1830. The molecule has 19 nitrogen and oxygen atoms in total. The van der Waals surface area contributed by atoms with E-state index in [1.54, 1.807) is 55.1 Å². The summed E-state index contributed by atoms with van der Waals surface area (Å²) in [6.45, 7) is 12.7. The first-order chi connectivity index (χ1) is 24.7. The van der Waals surface area contributed by atoms with Gasteiger partial charge in [-0.05, 0) is 32.0 Å². The number of carboxylic acids is 1. The van der Waals surface area contributed by atoms with Crippen molar-refractivity contribution in [3.8, 4) is 11.4 Å². The minimum absolute atomic E-state index is 0. The van der Waals surface area contributed by atoms with E-state index in [-0.39, 0.29) is 60.8 Å². The van der Waals surface area contributed by atoms with Crippen LogP contribution in [-0.4, -0.2) is 123 Å². The first-order valence-corrected chi connectivity index (χ1v) is 15.1. The number of aliphatic hydroxyl groups is 1. The van der Waals surface area contributed by atoms with Crippen LogP contribution in [0.4, 0.5) is 5.69 Å². The van der Waals surface area contributed by atoms with Gasteiger partial charge in [-0.2, -0.15) is 12.2 Å². The molecular weight excluding hydrogens is 693 g/mol. The first kappa shape index (κ1) is 47.4. The van der Waals surface area contributed by atoms with Gasteiger partial charge in [0.25, 0.3) is 0 Å². The monoisotopic (exact) mass is 735 g/mol. The largest absolute Gasteiger partial charge is 1.00 e. The summed E-state index contributed by atoms with van der Waals surface area (Å²) in [4.78, 5) is 48.5. The molecule has 20 heteroatoms. The van der Waals surface area contributed by atoms with Crippen molar-refractivity contribution in [1.82, 2.24) is 34.0 Å². The minimum Gasteiger partial charge on any atom is -0.857 e. The number of pyridine rings is 2. The number of esters is 1. The standard InChI is InChI=1S/C12H11N5O3.C11H9N3O2.C4H9NO2.C4H10O2.CH3O.Na/c1-20-6-9-14-11(16-15-9)7-2-3-10-13-4-8(12(18)19)17(10)5-7;1-3-16-11(15)9-6-13-10-5-4-8(12-2)7-14(9)10;1-7-3-4(6)2-5;1-2-6-4-3-5;1-2;/h2-5H,6H2,1H3,(H,18,19)(H,14,15,16);4-7H,3H2,1H3;2-3,5H2,1H3;5H,2-4H2,1H3;1H3;/q;;;;-1;+1. The zero-order valence-corrected chi connectivity index (χ0v) is 31.9. The van der Waals surface area contributed by atoms with E-state index >= 15 is 0 Å². The number of imidazole rings is 2. The quantitative estimate of drug-likeness (QED) is 0.0476. The van der Waals surface area contributed by atoms with Gasteiger partial charge in [0.2, 0.25) is 5.69 Å². The second-order valence-corrected chi connectivity index (χ2v) is 9.32. The summed E-state index contributed by atoms with van der Waals surface area (Å²) in [6.07, 6.45) is 5.98. The van der Waals surface area contributed by atoms with Gasteiger partial charge >= 0.3 is 41.5 Å². The predicted octanol–water partition coefficient (Wildman–Crippen LogP) is -1.82. The Morgan fingerprint density at radius 1 is 0.981 bits per heavy atom. The van der Waals surface area contributed by atoms with Crippen molar-refractivity contribution in [2.24, 2.45) is 5.73 Å². The number of carbonyl (C=O) groups excluding carboxylic acids is 2. The number of ether oxygens (including phenoxy) is 4. The number of fused-ring (bicyclic) bond motifs is 2. The van der Waals surface area contributed by atoms with E-state index in [0.29, 0.717) is 66.3 Å². The summed E-state index contributed by atoms with van der Waals surface area (Å²) in [7, 11) is 3.78. The van der Waals surface area contributed by atoms with Crippen LogP contribution in [0.15, 0.2) is 49.1 Å². The number of nitrogens with one attached hydrogen (secondary N) is 1. The van der Waals surface area contributed by atoms with Crippen molar-refractivity contribution in [3.05, 3.63) is 77.7 Å². The average molecular weight is 736 g/mol. The molecule has 276 valence electrons. The van der Waals surface area contributed by atoms with Gasteiger partial charge in [-0.25, -0.2) is 29.4 Å². The number of aromatic amines is 1. The molecule has 0 aliphatic heterocycles. The number of aromatic nitrogens is 7. The number of hydrogen-bond acceptors (Lipinski definition) is 14. The van der Waals surface area contributed by atoms with Crippen LogP contribution in [0.5, 0.6) is 0 Å². The van der Waals surface area contributed by atoms with E-state index in [2.05, 4.69) is 34.7 Å². The molecule has 0 bridgehead atoms. The van der Waals surface area contributed by atoms with Gasteiger partial charge in [0.05, 0.1) is 45.3 Å². The smallest absolute Gasteiger partial charge is 0.857 e. The van der Waals surface area contributed by atoms with E-state index in [4.69, 9.17) is 41.8 Å². The Kier molecular flexibility index (Phi) is 24.7. The number of methoxy groups -OCH3 is 2. The Morgan fingerprint density at radius 3 is 2.12 bits per heavy atom. The Morgan fingerprint density at radius 2 is 1.62 bits per heavy atom. The summed E-state index contributed by atoms with van der Waals surface area (Å²) in [5, 5.41) is 32.2. The summed E-state index contributed by atoms with van der Waals surface area (Å²) in [5.41, 5.74) is 7.68. The molecule has 0 aliphatic rings. The van der Waals surface area contributed by atoms with Gasteiger partial charge in [-0.1, -0.05) is 6.07 Å². The summed E-state index contributed by atoms with van der Waals surface area (Å²) in [5.74, 6) is -0.458. The molecule has 0 saturated carbocycles. The SMILES string of the molecule is CCOCCO.COCC(=O)CN.COCc1nc(-c2ccc3ncc(C(=O)O)n3c2)n[nH]1.C[O-].[C-]#[N+]c1ccc2ncc(C(=O)OCC)n2c1.[Na+]. The number of nitrogens with zero attached hydrogens (tertiary/aromatic N) is 7. The topological polar surface area (TPSA) is 258 Å². The number of aliphatic hydroxyl groups excluding tert-OH is 1. The second kappa shape index (κ2) is 27.1. The molecule has 0 unspecified atom stereocenters. The van der Waals surface area contributed by atoms with Crippen molar-refractivity contribution in [2.45, 2.75) is 20.5 Å². The van der Waals surface area contributed by atoms with Gasteiger partial charge < -0.3 is 44.4 Å². The van der Waals surface area contributed by atoms with Crippen molar-refractivity contribution in [3.63, 3.8) is 0 Å². The fourth-order valence-corrected chi connectivity index (χ4v) is 3.72. The molecule has 0 fully saturated rings. The Hall–Kier alpha value is -4.62. The van der Waals surface area contributed by atoms with Crippen LogP contribution in [0.25, 0.3) is 27.5 Å². The fraction of sp³-hybridized carbons (Fsp3) is 0.375. The van der Waals surface area contributed by atoms with Crippen LogP contribution in [0.2, 0.25) is 0 Å². The van der Waals surface area contributed by atoms with E-state index in [1.807, 2.05) is 6.92 Å². The fourth-order valence-electron chi connectivity index (χ4n) is 3.72. The van der Waals surface area contributed by atoms with Crippen molar-refractivity contribution >= 4 is 34.7 Å². The van der Waals surface area contributed by atoms with Gasteiger partial charge in [-0.15, -0.1) is 0 Å². The third-order valence-corrected chi connectivity index (χ3v) is 5.87. The first-order valence-electron chi connectivity index (χ1n) is 15.1. The number of hydrogen-bond donors (Lipinski definition) is 4. The molecule has 0 spiro atoms. The molecule has 5 N–H and O–H groups in total. The summed E-state index contributed by atoms with van der Waals surface area (Å²) in [6, 6.07) is 6.85. The maximum Gasteiger partial charge on any atom is 1.00 e. The Balaban J connectivity index is 0.000000725. The molecule has 5 heterocycles. The second-order valence-electron chi connectivity index (χ2n) is 9.32. The molecule has 5 aromatic rings. The molecule has 0 aliphatic carbocycles. The number of Topliss-reactive ketones (excluding diaryl/α,β-unsaturated/α-hetero) is 1. The molecule has 52 heavy (non-hydrogen) atoms.